The van der Waals surface area contributed by atoms with E-state index in [9.17, 15) is 9.90 Å². The Morgan fingerprint density at radius 1 is 1.12 bits per heavy atom. The summed E-state index contributed by atoms with van der Waals surface area (Å²) in [6, 6.07) is 9.96. The minimum atomic E-state index is -0.945. The fourth-order valence-electron chi connectivity index (χ4n) is 3.14. The number of aliphatic carboxylic acids is 1. The topological polar surface area (TPSA) is 97.0 Å². The Morgan fingerprint density at radius 3 is 2.53 bits per heavy atom. The maximum absolute atomic E-state index is 11.5. The van der Waals surface area contributed by atoms with Crippen molar-refractivity contribution in [2.24, 2.45) is 0 Å². The van der Waals surface area contributed by atoms with Crippen molar-refractivity contribution >= 4 is 35.0 Å². The van der Waals surface area contributed by atoms with Crippen LogP contribution in [0.25, 0.3) is 5.69 Å². The number of hydrogen-bond donors (Lipinski definition) is 1. The van der Waals surface area contributed by atoms with Gasteiger partial charge in [-0.15, -0.1) is 11.3 Å². The monoisotopic (exact) mass is 494 g/mol. The van der Waals surface area contributed by atoms with E-state index in [0.29, 0.717) is 19.0 Å². The SMILES string of the molecule is CCc1cnc(N(Cc2cnn(-c3ccccc3)c2)Cc2csc(SC(C)(C)C(=O)O)n2)nc1. The van der Waals surface area contributed by atoms with Gasteiger partial charge in [0.15, 0.2) is 4.34 Å². The molecule has 0 saturated carbocycles. The fraction of sp³-hybridized carbons (Fsp3) is 0.292. The lowest BCUT2D eigenvalue weighted by Crippen LogP contribution is -2.27. The van der Waals surface area contributed by atoms with Crippen LogP contribution >= 0.6 is 23.1 Å². The predicted molar refractivity (Wildman–Crippen MR) is 135 cm³/mol. The molecule has 0 aliphatic rings. The standard InChI is InChI=1S/C24H26N6O2S2/c1-4-17-10-25-22(26-11-17)29(13-18-12-27-30(14-18)20-8-6-5-7-9-20)15-19-16-33-23(28-19)34-24(2,3)21(31)32/h5-12,14,16H,4,13,15H2,1-3H3,(H,31,32). The van der Waals surface area contributed by atoms with Crippen LogP contribution in [0.4, 0.5) is 5.95 Å². The van der Waals surface area contributed by atoms with E-state index in [4.69, 9.17) is 0 Å². The summed E-state index contributed by atoms with van der Waals surface area (Å²) in [5, 5.41) is 15.9. The van der Waals surface area contributed by atoms with E-state index in [2.05, 4.69) is 31.9 Å². The second kappa shape index (κ2) is 10.4. The van der Waals surface area contributed by atoms with Crippen LogP contribution in [-0.4, -0.2) is 40.6 Å². The number of anilines is 1. The summed E-state index contributed by atoms with van der Waals surface area (Å²) in [5.74, 6) is -0.256. The van der Waals surface area contributed by atoms with E-state index in [1.165, 1.54) is 23.1 Å². The van der Waals surface area contributed by atoms with Gasteiger partial charge in [-0.05, 0) is 38.0 Å². The van der Waals surface area contributed by atoms with Crippen LogP contribution in [0.1, 0.15) is 37.6 Å². The van der Waals surface area contributed by atoms with Gasteiger partial charge in [0.2, 0.25) is 5.95 Å². The lowest BCUT2D eigenvalue weighted by Gasteiger charge is -2.21. The largest absolute Gasteiger partial charge is 0.480 e. The number of rotatable bonds is 10. The molecule has 0 radical (unpaired) electrons. The van der Waals surface area contributed by atoms with Crippen LogP contribution in [0, 0.1) is 0 Å². The van der Waals surface area contributed by atoms with Crippen molar-refractivity contribution in [2.45, 2.75) is 49.4 Å². The molecule has 4 aromatic rings. The van der Waals surface area contributed by atoms with E-state index in [1.54, 1.807) is 13.8 Å². The molecular weight excluding hydrogens is 468 g/mol. The van der Waals surface area contributed by atoms with Crippen molar-refractivity contribution in [1.29, 1.82) is 0 Å². The molecular formula is C24H26N6O2S2. The quantitative estimate of drug-likeness (QED) is 0.313. The maximum Gasteiger partial charge on any atom is 0.319 e. The summed E-state index contributed by atoms with van der Waals surface area (Å²) in [7, 11) is 0. The second-order valence-corrected chi connectivity index (χ2v) is 11.0. The Kier molecular flexibility index (Phi) is 7.28. The van der Waals surface area contributed by atoms with Crippen molar-refractivity contribution in [1.82, 2.24) is 24.7 Å². The van der Waals surface area contributed by atoms with E-state index >= 15 is 0 Å². The Bertz CT molecular complexity index is 1240. The third kappa shape index (κ3) is 5.81. The summed E-state index contributed by atoms with van der Waals surface area (Å²) in [5.41, 5.74) is 3.92. The van der Waals surface area contributed by atoms with Gasteiger partial charge in [0.25, 0.3) is 0 Å². The summed E-state index contributed by atoms with van der Waals surface area (Å²) >= 11 is 2.70. The lowest BCUT2D eigenvalue weighted by molar-refractivity contribution is -0.138. The van der Waals surface area contributed by atoms with Gasteiger partial charge in [-0.2, -0.15) is 5.10 Å². The van der Waals surface area contributed by atoms with Gasteiger partial charge in [-0.25, -0.2) is 19.6 Å². The van der Waals surface area contributed by atoms with Gasteiger partial charge >= 0.3 is 5.97 Å². The van der Waals surface area contributed by atoms with Crippen molar-refractivity contribution in [3.8, 4) is 5.69 Å². The van der Waals surface area contributed by atoms with Crippen LogP contribution in [-0.2, 0) is 24.3 Å². The number of carboxylic acid groups (broad SMARTS) is 1. The van der Waals surface area contributed by atoms with Crippen molar-refractivity contribution in [3.63, 3.8) is 0 Å². The maximum atomic E-state index is 11.5. The molecule has 0 spiro atoms. The van der Waals surface area contributed by atoms with Crippen LogP contribution in [0.15, 0.2) is 64.8 Å². The molecule has 34 heavy (non-hydrogen) atoms. The molecule has 1 N–H and O–H groups in total. The molecule has 0 bridgehead atoms. The summed E-state index contributed by atoms with van der Waals surface area (Å²) < 4.78 is 1.63. The molecule has 0 atom stereocenters. The highest BCUT2D eigenvalue weighted by molar-refractivity contribution is 8.03. The molecule has 0 amide bonds. The lowest BCUT2D eigenvalue weighted by atomic mass is 10.2. The Morgan fingerprint density at radius 2 is 1.85 bits per heavy atom. The number of para-hydroxylation sites is 1. The van der Waals surface area contributed by atoms with Crippen LogP contribution in [0.5, 0.6) is 0 Å². The molecule has 8 nitrogen and oxygen atoms in total. The predicted octanol–water partition coefficient (Wildman–Crippen LogP) is 4.84. The van der Waals surface area contributed by atoms with Crippen molar-refractivity contribution in [3.05, 3.63) is 77.3 Å². The first kappa shape index (κ1) is 23.9. The van der Waals surface area contributed by atoms with E-state index in [-0.39, 0.29) is 0 Å². The number of carboxylic acids is 1. The Balaban J connectivity index is 1.56. The second-order valence-electron chi connectivity index (χ2n) is 8.25. The van der Waals surface area contributed by atoms with Gasteiger partial charge in [-0.1, -0.05) is 36.9 Å². The molecule has 0 aliphatic heterocycles. The summed E-state index contributed by atoms with van der Waals surface area (Å²) in [6.07, 6.45) is 8.41. The van der Waals surface area contributed by atoms with Crippen LogP contribution in [0.2, 0.25) is 0 Å². The number of carbonyl (C=O) groups is 1. The first-order chi connectivity index (χ1) is 16.3. The minimum Gasteiger partial charge on any atom is -0.480 e. The van der Waals surface area contributed by atoms with Crippen LogP contribution < -0.4 is 4.90 Å². The first-order valence-corrected chi connectivity index (χ1v) is 12.6. The highest BCUT2D eigenvalue weighted by atomic mass is 32.2. The first-order valence-electron chi connectivity index (χ1n) is 10.9. The Hall–Kier alpha value is -3.24. The average Bonchev–Trinajstić information content (AvgIpc) is 3.48. The molecule has 1 aromatic carbocycles. The van der Waals surface area contributed by atoms with Crippen molar-refractivity contribution in [2.75, 3.05) is 4.90 Å². The minimum absolute atomic E-state index is 0.493. The molecule has 0 saturated heterocycles. The average molecular weight is 495 g/mol. The number of nitrogens with zero attached hydrogens (tertiary/aromatic N) is 6. The number of aromatic nitrogens is 5. The highest BCUT2D eigenvalue weighted by Crippen LogP contribution is 2.35. The zero-order valence-corrected chi connectivity index (χ0v) is 20.9. The zero-order valence-electron chi connectivity index (χ0n) is 19.3. The van der Waals surface area contributed by atoms with Crippen LogP contribution in [0.3, 0.4) is 0 Å². The number of benzene rings is 1. The van der Waals surface area contributed by atoms with Gasteiger partial charge in [0, 0.05) is 36.1 Å². The summed E-state index contributed by atoms with van der Waals surface area (Å²) in [4.78, 5) is 27.4. The number of hydrogen-bond acceptors (Lipinski definition) is 8. The van der Waals surface area contributed by atoms with Gasteiger partial charge in [0.1, 0.15) is 4.75 Å². The van der Waals surface area contributed by atoms with E-state index in [1.807, 2.05) is 65.2 Å². The molecule has 176 valence electrons. The molecule has 0 unspecified atom stereocenters. The van der Waals surface area contributed by atoms with Gasteiger partial charge in [0.05, 0.1) is 24.1 Å². The third-order valence-electron chi connectivity index (χ3n) is 5.15. The smallest absolute Gasteiger partial charge is 0.319 e. The highest BCUT2D eigenvalue weighted by Gasteiger charge is 2.30. The van der Waals surface area contributed by atoms with E-state index < -0.39 is 10.7 Å². The van der Waals surface area contributed by atoms with Gasteiger partial charge in [-0.3, -0.25) is 4.79 Å². The Labute approximate surface area is 206 Å². The number of thiazole rings is 1. The fourth-order valence-corrected chi connectivity index (χ4v) is 5.32. The number of aryl methyl sites for hydroxylation is 1. The van der Waals surface area contributed by atoms with E-state index in [0.717, 1.165) is 33.3 Å². The van der Waals surface area contributed by atoms with Crippen molar-refractivity contribution < 1.29 is 9.90 Å². The third-order valence-corrected chi connectivity index (χ3v) is 7.33. The zero-order chi connectivity index (χ0) is 24.1. The summed E-state index contributed by atoms with van der Waals surface area (Å²) in [6.45, 7) is 6.48. The molecule has 3 heterocycles. The molecule has 0 aliphatic carbocycles. The normalized spacial score (nSPS) is 11.5. The molecule has 10 heteroatoms. The number of thioether (sulfide) groups is 1. The van der Waals surface area contributed by atoms with Gasteiger partial charge < -0.3 is 10.0 Å². The molecule has 3 aromatic heterocycles. The molecule has 4 rings (SSSR count). The molecule has 0 fully saturated rings.